The molecule has 3 nitrogen and oxygen atoms in total. The maximum atomic E-state index is 5.39. The Balaban J connectivity index is 0.000000289. The molecule has 2 aromatic heterocycles. The number of para-hydroxylation sites is 2. The molecule has 0 N–H and O–H groups in total. The van der Waals surface area contributed by atoms with Crippen LogP contribution in [0.25, 0.3) is 71.7 Å². The molecule has 1 fully saturated rings. The maximum absolute atomic E-state index is 5.39. The van der Waals surface area contributed by atoms with Crippen molar-refractivity contribution in [3.8, 4) is 28.3 Å². The summed E-state index contributed by atoms with van der Waals surface area (Å²) >= 11 is 0. The van der Waals surface area contributed by atoms with Crippen molar-refractivity contribution in [2.45, 2.75) is 96.7 Å². The zero-order valence-corrected chi connectivity index (χ0v) is 43.9. The summed E-state index contributed by atoms with van der Waals surface area (Å²) in [7, 11) is -1.23. The van der Waals surface area contributed by atoms with Crippen LogP contribution in [0.4, 0.5) is 0 Å². The van der Waals surface area contributed by atoms with E-state index in [0.717, 1.165) is 33.7 Å². The molecular weight excluding hydrogens is 1020 g/mol. The van der Waals surface area contributed by atoms with Crippen LogP contribution in [0.3, 0.4) is 0 Å². The van der Waals surface area contributed by atoms with E-state index in [2.05, 4.69) is 209 Å². The minimum absolute atomic E-state index is 0. The molecule has 343 valence electrons. The summed E-state index contributed by atoms with van der Waals surface area (Å²) in [5.41, 5.74) is 12.4. The number of aromatic nitrogens is 3. The fourth-order valence-corrected chi connectivity index (χ4v) is 11.6. The molecule has 10 aromatic rings. The summed E-state index contributed by atoms with van der Waals surface area (Å²) in [6.45, 7) is 16.4. The van der Waals surface area contributed by atoms with Crippen molar-refractivity contribution in [1.82, 2.24) is 14.5 Å². The summed E-state index contributed by atoms with van der Waals surface area (Å²) in [6.07, 6.45) is 7.00. The Morgan fingerprint density at radius 2 is 1.10 bits per heavy atom. The SMILES string of the molecule is CC(C)c1cc(C2CCC(c3ccccc3)CC2)cc(C(C)C)c1-n1c(-c2[c-]cc3c4ccccc4c4ccccc4c3c2)nc2ccccc21.C[Si](C)(C)c1ccc(-c2[c-]cccc2)nc1.[Ir]. The average molecular weight is 1080 g/mol. The van der Waals surface area contributed by atoms with E-state index in [0.29, 0.717) is 23.7 Å². The second-order valence-corrected chi connectivity index (χ2v) is 25.4. The number of hydrogen-bond donors (Lipinski definition) is 0. The molecule has 0 spiro atoms. The van der Waals surface area contributed by atoms with E-state index in [1.165, 1.54) is 91.1 Å². The van der Waals surface area contributed by atoms with Crippen LogP contribution in [0.2, 0.25) is 19.6 Å². The van der Waals surface area contributed by atoms with Crippen LogP contribution >= 0.6 is 0 Å². The van der Waals surface area contributed by atoms with Gasteiger partial charge < -0.3 is 9.55 Å². The van der Waals surface area contributed by atoms with Gasteiger partial charge >= 0.3 is 0 Å². The fraction of sp³-hybridized carbons (Fsp3) is 0.238. The van der Waals surface area contributed by atoms with E-state index in [1.807, 2.05) is 30.5 Å². The van der Waals surface area contributed by atoms with Crippen molar-refractivity contribution in [2.24, 2.45) is 0 Å². The van der Waals surface area contributed by atoms with Gasteiger partial charge in [-0.1, -0.05) is 179 Å². The van der Waals surface area contributed by atoms with Crippen molar-refractivity contribution in [2.75, 3.05) is 0 Å². The van der Waals surface area contributed by atoms with Crippen molar-refractivity contribution in [3.63, 3.8) is 0 Å². The van der Waals surface area contributed by atoms with Gasteiger partial charge in [-0.2, -0.15) is 0 Å². The van der Waals surface area contributed by atoms with E-state index in [4.69, 9.17) is 4.98 Å². The third kappa shape index (κ3) is 9.29. The van der Waals surface area contributed by atoms with E-state index < -0.39 is 8.07 Å². The standard InChI is InChI=1S/C49H45N2.C14H16NSi.Ir/c1-31(2)43-29-37(35-24-22-34(23-25-35)33-14-6-5-7-15-33)30-44(32(3)4)48(43)51-47-21-13-12-20-46(47)50-49(51)36-26-27-42-40-18-9-8-16-38(40)39-17-10-11-19-41(39)45(42)28-36;1-16(2,3)13-9-10-14(15-11-13)12-7-5-4-6-8-12;/h5-21,27-32,34-35H,22-25H2,1-4H3;4-7,9-11H,1-3H3;/q2*-1;. The molecule has 0 aliphatic heterocycles. The van der Waals surface area contributed by atoms with Gasteiger partial charge in [-0.3, -0.25) is 4.98 Å². The smallest absolute Gasteiger partial charge is 0.0795 e. The quantitative estimate of drug-likeness (QED) is 0.0862. The molecule has 0 saturated heterocycles. The molecule has 0 amide bonds. The summed E-state index contributed by atoms with van der Waals surface area (Å²) in [4.78, 5) is 9.91. The molecular formula is C63H61IrN3Si-2. The maximum Gasteiger partial charge on any atom is 0.0795 e. The second-order valence-electron chi connectivity index (χ2n) is 20.3. The van der Waals surface area contributed by atoms with Crippen LogP contribution in [0, 0.1) is 12.1 Å². The largest absolute Gasteiger partial charge is 0.333 e. The summed E-state index contributed by atoms with van der Waals surface area (Å²) in [6, 6.07) is 66.2. The Morgan fingerprint density at radius 1 is 0.544 bits per heavy atom. The van der Waals surface area contributed by atoms with Gasteiger partial charge in [0.25, 0.3) is 0 Å². The van der Waals surface area contributed by atoms with Gasteiger partial charge in [0, 0.05) is 32.0 Å². The zero-order chi connectivity index (χ0) is 46.2. The first kappa shape index (κ1) is 47.1. The van der Waals surface area contributed by atoms with Crippen molar-refractivity contribution in [1.29, 1.82) is 0 Å². The van der Waals surface area contributed by atoms with Crippen LogP contribution in [0.15, 0.2) is 170 Å². The third-order valence-electron chi connectivity index (χ3n) is 14.2. The molecule has 8 aromatic carbocycles. The molecule has 1 aliphatic carbocycles. The molecule has 68 heavy (non-hydrogen) atoms. The van der Waals surface area contributed by atoms with Gasteiger partial charge in [0.05, 0.1) is 24.9 Å². The molecule has 1 radical (unpaired) electrons. The Bertz CT molecular complexity index is 3280. The van der Waals surface area contributed by atoms with E-state index in [9.17, 15) is 0 Å². The first-order valence-electron chi connectivity index (χ1n) is 24.4. The summed E-state index contributed by atoms with van der Waals surface area (Å²) in [5, 5.41) is 8.96. The predicted octanol–water partition coefficient (Wildman–Crippen LogP) is 16.7. The molecule has 1 aliphatic rings. The normalized spacial score (nSPS) is 15.2. The minimum atomic E-state index is -1.23. The van der Waals surface area contributed by atoms with Gasteiger partial charge in [0.2, 0.25) is 0 Å². The molecule has 1 saturated carbocycles. The fourth-order valence-electron chi connectivity index (χ4n) is 10.5. The Hall–Kier alpha value is -5.97. The first-order chi connectivity index (χ1) is 32.5. The number of rotatable bonds is 8. The molecule has 2 heterocycles. The number of imidazole rings is 1. The van der Waals surface area contributed by atoms with Crippen LogP contribution in [-0.2, 0) is 20.1 Å². The first-order valence-corrected chi connectivity index (χ1v) is 27.9. The second kappa shape index (κ2) is 19.9. The minimum Gasteiger partial charge on any atom is -0.333 e. The van der Waals surface area contributed by atoms with Crippen molar-refractivity contribution in [3.05, 3.63) is 204 Å². The van der Waals surface area contributed by atoms with Crippen LogP contribution in [0.1, 0.15) is 99.3 Å². The van der Waals surface area contributed by atoms with Gasteiger partial charge in [0.1, 0.15) is 0 Å². The zero-order valence-electron chi connectivity index (χ0n) is 40.5. The number of nitrogens with zero attached hydrogens (tertiary/aromatic N) is 3. The van der Waals surface area contributed by atoms with Gasteiger partial charge in [-0.15, -0.1) is 59.7 Å². The van der Waals surface area contributed by atoms with Gasteiger partial charge in [-0.25, -0.2) is 0 Å². The van der Waals surface area contributed by atoms with E-state index in [-0.39, 0.29) is 20.1 Å². The number of pyridine rings is 1. The molecule has 0 bridgehead atoms. The summed E-state index contributed by atoms with van der Waals surface area (Å²) in [5.74, 6) is 2.91. The van der Waals surface area contributed by atoms with Crippen molar-refractivity contribution >= 4 is 56.6 Å². The van der Waals surface area contributed by atoms with Gasteiger partial charge in [-0.05, 0) is 111 Å². The van der Waals surface area contributed by atoms with Crippen molar-refractivity contribution < 1.29 is 20.1 Å². The number of hydrogen-bond acceptors (Lipinski definition) is 2. The molecule has 5 heteroatoms. The third-order valence-corrected chi connectivity index (χ3v) is 16.2. The topological polar surface area (TPSA) is 30.7 Å². The molecule has 0 unspecified atom stereocenters. The monoisotopic (exact) mass is 1080 g/mol. The Kier molecular flexibility index (Phi) is 13.8. The Morgan fingerprint density at radius 3 is 1.68 bits per heavy atom. The Labute approximate surface area is 418 Å². The predicted molar refractivity (Wildman–Crippen MR) is 288 cm³/mol. The summed E-state index contributed by atoms with van der Waals surface area (Å²) < 4.78 is 2.47. The van der Waals surface area contributed by atoms with Crippen LogP contribution < -0.4 is 5.19 Å². The number of benzene rings is 8. The molecule has 11 rings (SSSR count). The van der Waals surface area contributed by atoms with Crippen LogP contribution in [0.5, 0.6) is 0 Å². The molecule has 0 atom stereocenters. The van der Waals surface area contributed by atoms with E-state index >= 15 is 0 Å². The average Bonchev–Trinajstić information content (AvgIpc) is 3.76. The van der Waals surface area contributed by atoms with E-state index in [1.54, 1.807) is 0 Å². The number of fused-ring (bicyclic) bond motifs is 7. The van der Waals surface area contributed by atoms with Gasteiger partial charge in [0.15, 0.2) is 0 Å². The van der Waals surface area contributed by atoms with Crippen LogP contribution in [-0.4, -0.2) is 22.6 Å².